The van der Waals surface area contributed by atoms with Crippen molar-refractivity contribution in [2.45, 2.75) is 25.8 Å². The number of carbonyl (C=O) groups is 3. The molecule has 2 heterocycles. The van der Waals surface area contributed by atoms with E-state index in [9.17, 15) is 14.4 Å². The van der Waals surface area contributed by atoms with Crippen LogP contribution in [0.15, 0.2) is 5.38 Å². The first-order valence-electron chi connectivity index (χ1n) is 6.16. The van der Waals surface area contributed by atoms with E-state index in [0.29, 0.717) is 17.2 Å². The van der Waals surface area contributed by atoms with E-state index in [0.717, 1.165) is 0 Å². The van der Waals surface area contributed by atoms with Crippen LogP contribution in [-0.2, 0) is 25.5 Å². The molecule has 1 aromatic rings. The van der Waals surface area contributed by atoms with Gasteiger partial charge in [0, 0.05) is 5.38 Å². The maximum atomic E-state index is 11.8. The Morgan fingerprint density at radius 2 is 2.35 bits per heavy atom. The number of anilines is 1. The summed E-state index contributed by atoms with van der Waals surface area (Å²) < 4.78 is 4.58. The molecule has 1 aliphatic rings. The van der Waals surface area contributed by atoms with E-state index < -0.39 is 6.04 Å². The minimum atomic E-state index is -0.412. The van der Waals surface area contributed by atoms with E-state index in [4.69, 9.17) is 0 Å². The number of nitrogens with one attached hydrogen (secondary N) is 1. The third kappa shape index (κ3) is 2.96. The number of aromatic nitrogens is 1. The lowest BCUT2D eigenvalue weighted by molar-refractivity contribution is -0.140. The first-order valence-corrected chi connectivity index (χ1v) is 7.04. The zero-order valence-electron chi connectivity index (χ0n) is 11.2. The fourth-order valence-corrected chi connectivity index (χ4v) is 2.88. The van der Waals surface area contributed by atoms with Crippen molar-refractivity contribution in [3.63, 3.8) is 0 Å². The number of imide groups is 1. The minimum Gasteiger partial charge on any atom is -0.469 e. The van der Waals surface area contributed by atoms with Crippen LogP contribution in [0.2, 0.25) is 0 Å². The standard InChI is InChI=1S/C12H15N3O4S/c1-3-8-11(18)14-9(16)5-15(8)12-13-7(6-20-12)4-10(17)19-2/h6,8H,3-5H2,1-2H3,(H,14,16,18). The summed E-state index contributed by atoms with van der Waals surface area (Å²) >= 11 is 1.31. The van der Waals surface area contributed by atoms with Gasteiger partial charge in [-0.3, -0.25) is 19.7 Å². The van der Waals surface area contributed by atoms with Gasteiger partial charge in [-0.2, -0.15) is 0 Å². The Bertz CT molecular complexity index is 543. The minimum absolute atomic E-state index is 0.0811. The third-order valence-corrected chi connectivity index (χ3v) is 3.91. The van der Waals surface area contributed by atoms with Gasteiger partial charge in [0.1, 0.15) is 12.6 Å². The zero-order valence-corrected chi connectivity index (χ0v) is 12.0. The largest absolute Gasteiger partial charge is 0.469 e. The van der Waals surface area contributed by atoms with Gasteiger partial charge in [0.25, 0.3) is 0 Å². The molecule has 7 nitrogen and oxygen atoms in total. The number of esters is 1. The molecular weight excluding hydrogens is 282 g/mol. The van der Waals surface area contributed by atoms with Crippen LogP contribution >= 0.6 is 11.3 Å². The van der Waals surface area contributed by atoms with Gasteiger partial charge in [0.2, 0.25) is 11.8 Å². The van der Waals surface area contributed by atoms with E-state index in [1.165, 1.54) is 18.4 Å². The molecule has 8 heteroatoms. The second kappa shape index (κ2) is 6.00. The van der Waals surface area contributed by atoms with Gasteiger partial charge in [0.05, 0.1) is 19.2 Å². The van der Waals surface area contributed by atoms with Crippen molar-refractivity contribution >= 4 is 34.3 Å². The molecule has 1 aliphatic heterocycles. The van der Waals surface area contributed by atoms with E-state index in [2.05, 4.69) is 15.0 Å². The maximum absolute atomic E-state index is 11.8. The molecule has 1 saturated heterocycles. The lowest BCUT2D eigenvalue weighted by Crippen LogP contribution is -2.58. The Morgan fingerprint density at radius 3 is 3.00 bits per heavy atom. The molecular formula is C12H15N3O4S. The maximum Gasteiger partial charge on any atom is 0.311 e. The van der Waals surface area contributed by atoms with Gasteiger partial charge in [-0.05, 0) is 6.42 Å². The quantitative estimate of drug-likeness (QED) is 0.626. The molecule has 1 N–H and O–H groups in total. The van der Waals surface area contributed by atoms with Crippen molar-refractivity contribution in [2.75, 3.05) is 18.6 Å². The van der Waals surface area contributed by atoms with Crippen molar-refractivity contribution in [2.24, 2.45) is 0 Å². The number of ether oxygens (including phenoxy) is 1. The fraction of sp³-hybridized carbons (Fsp3) is 0.500. The predicted molar refractivity (Wildman–Crippen MR) is 72.4 cm³/mol. The third-order valence-electron chi connectivity index (χ3n) is 2.98. The Hall–Kier alpha value is -1.96. The van der Waals surface area contributed by atoms with Crippen LogP contribution in [0.25, 0.3) is 0 Å². The number of carbonyl (C=O) groups excluding carboxylic acids is 3. The molecule has 0 saturated carbocycles. The summed E-state index contributed by atoms with van der Waals surface area (Å²) in [5.74, 6) is -1.03. The van der Waals surface area contributed by atoms with Crippen LogP contribution in [0.3, 0.4) is 0 Å². The molecule has 1 fully saturated rings. The highest BCUT2D eigenvalue weighted by atomic mass is 32.1. The van der Waals surface area contributed by atoms with E-state index >= 15 is 0 Å². The van der Waals surface area contributed by atoms with E-state index in [1.54, 1.807) is 10.3 Å². The van der Waals surface area contributed by atoms with Gasteiger partial charge in [-0.1, -0.05) is 6.92 Å². The van der Waals surface area contributed by atoms with Gasteiger partial charge in [-0.25, -0.2) is 4.98 Å². The monoisotopic (exact) mass is 297 g/mol. The van der Waals surface area contributed by atoms with Crippen molar-refractivity contribution in [1.82, 2.24) is 10.3 Å². The van der Waals surface area contributed by atoms with Crippen LogP contribution in [0.4, 0.5) is 5.13 Å². The summed E-state index contributed by atoms with van der Waals surface area (Å²) in [5.41, 5.74) is 0.574. The van der Waals surface area contributed by atoms with Crippen LogP contribution < -0.4 is 10.2 Å². The molecule has 1 aromatic heterocycles. The topological polar surface area (TPSA) is 88.6 Å². The smallest absolute Gasteiger partial charge is 0.311 e. The highest BCUT2D eigenvalue weighted by Crippen LogP contribution is 2.25. The Labute approximate surface area is 119 Å². The molecule has 2 amide bonds. The molecule has 0 spiro atoms. The second-order valence-corrected chi connectivity index (χ2v) is 5.18. The SMILES string of the molecule is CCC1C(=O)NC(=O)CN1c1nc(CC(=O)OC)cs1. The molecule has 2 rings (SSSR count). The summed E-state index contributed by atoms with van der Waals surface area (Å²) in [6, 6.07) is -0.412. The van der Waals surface area contributed by atoms with Crippen molar-refractivity contribution < 1.29 is 19.1 Å². The molecule has 108 valence electrons. The number of piperazine rings is 1. The van der Waals surface area contributed by atoms with Crippen LogP contribution in [-0.4, -0.2) is 42.5 Å². The molecule has 0 radical (unpaired) electrons. The van der Waals surface area contributed by atoms with E-state index in [-0.39, 0.29) is 30.7 Å². The van der Waals surface area contributed by atoms with Crippen molar-refractivity contribution in [3.8, 4) is 0 Å². The number of methoxy groups -OCH3 is 1. The normalized spacial score (nSPS) is 18.9. The number of rotatable bonds is 4. The summed E-state index contributed by atoms with van der Waals surface area (Å²) in [4.78, 5) is 40.4. The van der Waals surface area contributed by atoms with Gasteiger partial charge in [0.15, 0.2) is 5.13 Å². The van der Waals surface area contributed by atoms with Gasteiger partial charge < -0.3 is 9.64 Å². The molecule has 0 aliphatic carbocycles. The Balaban J connectivity index is 2.18. The molecule has 1 unspecified atom stereocenters. The molecule has 0 aromatic carbocycles. The molecule has 1 atom stereocenters. The summed E-state index contributed by atoms with van der Waals surface area (Å²) in [7, 11) is 1.32. The predicted octanol–water partition coefficient (Wildman–Crippen LogP) is 0.1000. The first kappa shape index (κ1) is 14.4. The number of hydrogen-bond donors (Lipinski definition) is 1. The zero-order chi connectivity index (χ0) is 14.7. The average molecular weight is 297 g/mol. The Morgan fingerprint density at radius 1 is 1.60 bits per heavy atom. The Kier molecular flexibility index (Phi) is 4.33. The lowest BCUT2D eigenvalue weighted by Gasteiger charge is -2.32. The number of nitrogens with zero attached hydrogens (tertiary/aromatic N) is 2. The van der Waals surface area contributed by atoms with E-state index in [1.807, 2.05) is 6.92 Å². The molecule has 20 heavy (non-hydrogen) atoms. The second-order valence-electron chi connectivity index (χ2n) is 4.34. The summed E-state index contributed by atoms with van der Waals surface area (Å²) in [5, 5.41) is 4.61. The van der Waals surface area contributed by atoms with Crippen LogP contribution in [0.5, 0.6) is 0 Å². The van der Waals surface area contributed by atoms with Crippen LogP contribution in [0, 0.1) is 0 Å². The molecule has 0 bridgehead atoms. The van der Waals surface area contributed by atoms with Gasteiger partial charge >= 0.3 is 5.97 Å². The first-order chi connectivity index (χ1) is 9.55. The lowest BCUT2D eigenvalue weighted by atomic mass is 10.1. The number of amides is 2. The summed E-state index contributed by atoms with van der Waals surface area (Å²) in [6.45, 7) is 1.96. The highest BCUT2D eigenvalue weighted by molar-refractivity contribution is 7.13. The average Bonchev–Trinajstić information content (AvgIpc) is 2.86. The number of hydrogen-bond acceptors (Lipinski definition) is 7. The number of thiazole rings is 1. The van der Waals surface area contributed by atoms with Gasteiger partial charge in [-0.15, -0.1) is 11.3 Å². The van der Waals surface area contributed by atoms with Crippen molar-refractivity contribution in [1.29, 1.82) is 0 Å². The highest BCUT2D eigenvalue weighted by Gasteiger charge is 2.34. The summed E-state index contributed by atoms with van der Waals surface area (Å²) in [6.07, 6.45) is 0.656. The van der Waals surface area contributed by atoms with Crippen LogP contribution in [0.1, 0.15) is 19.0 Å². The van der Waals surface area contributed by atoms with Crippen molar-refractivity contribution in [3.05, 3.63) is 11.1 Å². The fourth-order valence-electron chi connectivity index (χ4n) is 2.00.